The lowest BCUT2D eigenvalue weighted by molar-refractivity contribution is 0.286. The van der Waals surface area contributed by atoms with Gasteiger partial charge in [-0.15, -0.1) is 11.3 Å². The van der Waals surface area contributed by atoms with Gasteiger partial charge in [0.25, 0.3) is 0 Å². The fourth-order valence-electron chi connectivity index (χ4n) is 2.02. The van der Waals surface area contributed by atoms with E-state index >= 15 is 0 Å². The number of nitrogens with zero attached hydrogens (tertiary/aromatic N) is 3. The lowest BCUT2D eigenvalue weighted by Crippen LogP contribution is -2.20. The molecule has 0 aromatic carbocycles. The molecule has 0 saturated heterocycles. The molecule has 0 bridgehead atoms. The molecule has 6 heteroatoms. The second kappa shape index (κ2) is 7.58. The summed E-state index contributed by atoms with van der Waals surface area (Å²) in [4.78, 5) is 10.8. The molecule has 4 nitrogen and oxygen atoms in total. The Labute approximate surface area is 138 Å². The van der Waals surface area contributed by atoms with Gasteiger partial charge in [0.15, 0.2) is 5.09 Å². The Morgan fingerprint density at radius 2 is 2.14 bits per heavy atom. The van der Waals surface area contributed by atoms with Gasteiger partial charge in [-0.05, 0) is 43.1 Å². The smallest absolute Gasteiger partial charge is 0.166 e. The summed E-state index contributed by atoms with van der Waals surface area (Å²) >= 11 is 3.25. The zero-order chi connectivity index (χ0) is 15.2. The van der Waals surface area contributed by atoms with Crippen molar-refractivity contribution in [2.45, 2.75) is 23.1 Å². The molecular formula is C16H17N3OS2. The summed E-state index contributed by atoms with van der Waals surface area (Å²) in [6.07, 6.45) is 4.62. The molecule has 114 valence electrons. The number of thiazole rings is 1. The van der Waals surface area contributed by atoms with Gasteiger partial charge in [0.2, 0.25) is 0 Å². The van der Waals surface area contributed by atoms with E-state index in [0.717, 1.165) is 35.4 Å². The van der Waals surface area contributed by atoms with Gasteiger partial charge < -0.3 is 4.42 Å². The number of furan rings is 1. The van der Waals surface area contributed by atoms with E-state index in [0.29, 0.717) is 0 Å². The summed E-state index contributed by atoms with van der Waals surface area (Å²) in [5.74, 6) is 0.972. The van der Waals surface area contributed by atoms with Crippen molar-refractivity contribution in [3.8, 4) is 0 Å². The predicted octanol–water partition coefficient (Wildman–Crippen LogP) is 3.96. The van der Waals surface area contributed by atoms with Crippen molar-refractivity contribution in [3.63, 3.8) is 0 Å². The van der Waals surface area contributed by atoms with Gasteiger partial charge in [-0.3, -0.25) is 4.90 Å². The summed E-state index contributed by atoms with van der Waals surface area (Å²) in [5.41, 5.74) is 0. The second-order valence-corrected chi connectivity index (χ2v) is 6.91. The maximum absolute atomic E-state index is 5.86. The summed E-state index contributed by atoms with van der Waals surface area (Å²) < 4.78 is 5.86. The Morgan fingerprint density at radius 3 is 2.91 bits per heavy atom. The molecule has 0 unspecified atom stereocenters. The van der Waals surface area contributed by atoms with Crippen LogP contribution in [0.25, 0.3) is 0 Å². The van der Waals surface area contributed by atoms with Gasteiger partial charge in [0, 0.05) is 30.7 Å². The molecule has 0 N–H and O–H groups in total. The molecule has 0 amide bonds. The molecule has 3 aromatic rings. The highest BCUT2D eigenvalue weighted by molar-refractivity contribution is 7.99. The summed E-state index contributed by atoms with van der Waals surface area (Å²) in [6, 6.07) is 9.90. The minimum Gasteiger partial charge on any atom is -0.453 e. The first-order valence-electron chi connectivity index (χ1n) is 7.04. The Hall–Kier alpha value is -1.63. The van der Waals surface area contributed by atoms with Gasteiger partial charge in [-0.2, -0.15) is 0 Å². The quantitative estimate of drug-likeness (QED) is 0.655. The SMILES string of the molecule is CN(CCc1nccs1)Cc1ccc(Sc2ccccn2)o1. The van der Waals surface area contributed by atoms with E-state index in [-0.39, 0.29) is 0 Å². The van der Waals surface area contributed by atoms with Crippen LogP contribution < -0.4 is 0 Å². The minimum atomic E-state index is 0.800. The predicted molar refractivity (Wildman–Crippen MR) is 89.2 cm³/mol. The molecule has 22 heavy (non-hydrogen) atoms. The van der Waals surface area contributed by atoms with Crippen LogP contribution in [-0.2, 0) is 13.0 Å². The number of likely N-dealkylation sites (N-methyl/N-ethyl adjacent to an activating group) is 1. The molecule has 3 heterocycles. The van der Waals surface area contributed by atoms with Crippen molar-refractivity contribution in [3.05, 3.63) is 58.9 Å². The molecule has 0 atom stereocenters. The third kappa shape index (κ3) is 4.43. The van der Waals surface area contributed by atoms with Crippen molar-refractivity contribution in [2.75, 3.05) is 13.6 Å². The van der Waals surface area contributed by atoms with Gasteiger partial charge in [0.05, 0.1) is 11.6 Å². The molecule has 0 aliphatic rings. The lowest BCUT2D eigenvalue weighted by atomic mass is 10.3. The molecule has 3 rings (SSSR count). The van der Waals surface area contributed by atoms with E-state index in [1.165, 1.54) is 5.01 Å². The number of hydrogen-bond acceptors (Lipinski definition) is 6. The Morgan fingerprint density at radius 1 is 1.18 bits per heavy atom. The molecular weight excluding hydrogens is 314 g/mol. The fourth-order valence-corrected chi connectivity index (χ4v) is 3.38. The monoisotopic (exact) mass is 331 g/mol. The lowest BCUT2D eigenvalue weighted by Gasteiger charge is -2.13. The van der Waals surface area contributed by atoms with Crippen molar-refractivity contribution in [1.82, 2.24) is 14.9 Å². The number of hydrogen-bond donors (Lipinski definition) is 0. The van der Waals surface area contributed by atoms with Crippen LogP contribution in [0.3, 0.4) is 0 Å². The average Bonchev–Trinajstić information content (AvgIpc) is 3.18. The van der Waals surface area contributed by atoms with E-state index < -0.39 is 0 Å². The first-order chi connectivity index (χ1) is 10.8. The highest BCUT2D eigenvalue weighted by atomic mass is 32.2. The van der Waals surface area contributed by atoms with Gasteiger partial charge in [0.1, 0.15) is 10.8 Å². The van der Waals surface area contributed by atoms with Gasteiger partial charge in [-0.25, -0.2) is 9.97 Å². The van der Waals surface area contributed by atoms with Crippen molar-refractivity contribution >= 4 is 23.1 Å². The topological polar surface area (TPSA) is 42.2 Å². The van der Waals surface area contributed by atoms with E-state index in [2.05, 4.69) is 21.9 Å². The third-order valence-corrected chi connectivity index (χ3v) is 4.81. The van der Waals surface area contributed by atoms with E-state index in [1.54, 1.807) is 29.3 Å². The first-order valence-corrected chi connectivity index (χ1v) is 8.74. The van der Waals surface area contributed by atoms with Crippen LogP contribution in [0.2, 0.25) is 0 Å². The van der Waals surface area contributed by atoms with E-state index in [4.69, 9.17) is 4.42 Å². The second-order valence-electron chi connectivity index (χ2n) is 4.90. The average molecular weight is 331 g/mol. The maximum Gasteiger partial charge on any atom is 0.166 e. The van der Waals surface area contributed by atoms with Crippen LogP contribution in [0.15, 0.2) is 62.6 Å². The standard InChI is InChI=1S/C16H17N3OS2/c1-19(10-7-14-18-9-11-21-14)12-13-5-6-16(20-13)22-15-4-2-3-8-17-15/h2-6,8-9,11H,7,10,12H2,1H3. The van der Waals surface area contributed by atoms with Crippen LogP contribution in [0, 0.1) is 0 Å². The number of rotatable bonds is 7. The highest BCUT2D eigenvalue weighted by Gasteiger charge is 2.08. The number of pyridine rings is 1. The van der Waals surface area contributed by atoms with E-state index in [9.17, 15) is 0 Å². The first kappa shape index (κ1) is 15.3. The van der Waals surface area contributed by atoms with E-state index in [1.807, 2.05) is 41.9 Å². The summed E-state index contributed by atoms with van der Waals surface area (Å²) in [7, 11) is 2.10. The van der Waals surface area contributed by atoms with Crippen molar-refractivity contribution < 1.29 is 4.42 Å². The minimum absolute atomic E-state index is 0.800. The maximum atomic E-state index is 5.86. The van der Waals surface area contributed by atoms with Crippen molar-refractivity contribution in [2.24, 2.45) is 0 Å². The Balaban J connectivity index is 1.50. The summed E-state index contributed by atoms with van der Waals surface area (Å²) in [5, 5.41) is 5.02. The molecule has 3 aromatic heterocycles. The van der Waals surface area contributed by atoms with Gasteiger partial charge >= 0.3 is 0 Å². The van der Waals surface area contributed by atoms with Crippen molar-refractivity contribution in [1.29, 1.82) is 0 Å². The Bertz CT molecular complexity index is 683. The molecule has 0 aliphatic heterocycles. The molecule has 0 fully saturated rings. The van der Waals surface area contributed by atoms with Crippen LogP contribution in [0.4, 0.5) is 0 Å². The number of aromatic nitrogens is 2. The largest absolute Gasteiger partial charge is 0.453 e. The van der Waals surface area contributed by atoms with Crippen LogP contribution in [-0.4, -0.2) is 28.5 Å². The zero-order valence-corrected chi connectivity index (χ0v) is 13.9. The molecule has 0 aliphatic carbocycles. The molecule has 0 radical (unpaired) electrons. The summed E-state index contributed by atoms with van der Waals surface area (Å²) in [6.45, 7) is 1.77. The molecule has 0 spiro atoms. The van der Waals surface area contributed by atoms with Crippen LogP contribution in [0.1, 0.15) is 10.8 Å². The molecule has 0 saturated carbocycles. The fraction of sp³-hybridized carbons (Fsp3) is 0.250. The van der Waals surface area contributed by atoms with Gasteiger partial charge in [-0.1, -0.05) is 6.07 Å². The third-order valence-electron chi connectivity index (χ3n) is 3.10. The van der Waals surface area contributed by atoms with Crippen LogP contribution >= 0.6 is 23.1 Å². The highest BCUT2D eigenvalue weighted by Crippen LogP contribution is 2.27. The Kier molecular flexibility index (Phi) is 5.26. The normalized spacial score (nSPS) is 11.2. The van der Waals surface area contributed by atoms with Crippen LogP contribution in [0.5, 0.6) is 0 Å². The zero-order valence-electron chi connectivity index (χ0n) is 12.3.